The Hall–Kier alpha value is -1.32. The lowest BCUT2D eigenvalue weighted by molar-refractivity contribution is 0.762. The normalized spacial score (nSPS) is 19.7. The topological polar surface area (TPSA) is 29.9 Å². The SMILES string of the molecule is Clc1cnn(-c2ccc(C3CCNC3)cc2)c1. The molecule has 1 N–H and O–H groups in total. The van der Waals surface area contributed by atoms with Crippen molar-refractivity contribution in [1.29, 1.82) is 0 Å². The van der Waals surface area contributed by atoms with Crippen LogP contribution in [0.25, 0.3) is 5.69 Å². The van der Waals surface area contributed by atoms with Crippen LogP contribution < -0.4 is 5.32 Å². The summed E-state index contributed by atoms with van der Waals surface area (Å²) in [5.41, 5.74) is 2.45. The molecule has 1 unspecified atom stereocenters. The lowest BCUT2D eigenvalue weighted by Gasteiger charge is -2.09. The summed E-state index contributed by atoms with van der Waals surface area (Å²) in [6, 6.07) is 8.55. The molecule has 2 heterocycles. The maximum Gasteiger partial charge on any atom is 0.0790 e. The van der Waals surface area contributed by atoms with Crippen molar-refractivity contribution in [1.82, 2.24) is 15.1 Å². The number of aromatic nitrogens is 2. The molecule has 0 aliphatic carbocycles. The minimum Gasteiger partial charge on any atom is -0.316 e. The summed E-state index contributed by atoms with van der Waals surface area (Å²) in [7, 11) is 0. The molecule has 2 aromatic rings. The Morgan fingerprint density at radius 3 is 2.71 bits per heavy atom. The van der Waals surface area contributed by atoms with Gasteiger partial charge in [0.05, 0.1) is 16.9 Å². The predicted octanol–water partition coefficient (Wildman–Crippen LogP) is 2.60. The maximum absolute atomic E-state index is 5.85. The van der Waals surface area contributed by atoms with Crippen molar-refractivity contribution >= 4 is 11.6 Å². The van der Waals surface area contributed by atoms with Gasteiger partial charge < -0.3 is 5.32 Å². The number of hydrogen-bond donors (Lipinski definition) is 1. The number of hydrogen-bond acceptors (Lipinski definition) is 2. The molecule has 4 heteroatoms. The van der Waals surface area contributed by atoms with E-state index in [4.69, 9.17) is 11.6 Å². The second kappa shape index (κ2) is 4.51. The molecule has 0 amide bonds. The molecule has 1 atom stereocenters. The van der Waals surface area contributed by atoms with E-state index in [2.05, 4.69) is 34.7 Å². The van der Waals surface area contributed by atoms with Gasteiger partial charge in [0.2, 0.25) is 0 Å². The Kier molecular flexibility index (Phi) is 2.87. The number of nitrogens with zero attached hydrogens (tertiary/aromatic N) is 2. The maximum atomic E-state index is 5.85. The van der Waals surface area contributed by atoms with Crippen molar-refractivity contribution in [3.63, 3.8) is 0 Å². The average molecular weight is 248 g/mol. The van der Waals surface area contributed by atoms with Crippen LogP contribution in [0.5, 0.6) is 0 Å². The molecule has 1 aromatic heterocycles. The summed E-state index contributed by atoms with van der Waals surface area (Å²) < 4.78 is 1.79. The molecule has 0 saturated carbocycles. The Labute approximate surface area is 105 Å². The minimum atomic E-state index is 0.658. The van der Waals surface area contributed by atoms with E-state index in [-0.39, 0.29) is 0 Å². The van der Waals surface area contributed by atoms with Crippen LogP contribution >= 0.6 is 11.6 Å². The first-order chi connectivity index (χ1) is 8.33. The molecular formula is C13H14ClN3. The Morgan fingerprint density at radius 2 is 2.12 bits per heavy atom. The summed E-state index contributed by atoms with van der Waals surface area (Å²) >= 11 is 5.85. The number of nitrogens with one attached hydrogen (secondary N) is 1. The van der Waals surface area contributed by atoms with Gasteiger partial charge in [-0.1, -0.05) is 23.7 Å². The quantitative estimate of drug-likeness (QED) is 0.884. The fourth-order valence-corrected chi connectivity index (χ4v) is 2.42. The van der Waals surface area contributed by atoms with Gasteiger partial charge in [-0.2, -0.15) is 5.10 Å². The van der Waals surface area contributed by atoms with Crippen molar-refractivity contribution in [3.8, 4) is 5.69 Å². The Bertz CT molecular complexity index is 498. The van der Waals surface area contributed by atoms with Gasteiger partial charge in [-0.15, -0.1) is 0 Å². The summed E-state index contributed by atoms with van der Waals surface area (Å²) in [6.45, 7) is 2.22. The van der Waals surface area contributed by atoms with Gasteiger partial charge in [-0.3, -0.25) is 0 Å². The molecule has 3 rings (SSSR count). The molecular weight excluding hydrogens is 234 g/mol. The molecule has 1 aliphatic heterocycles. The fourth-order valence-electron chi connectivity index (χ4n) is 2.28. The zero-order chi connectivity index (χ0) is 11.7. The van der Waals surface area contributed by atoms with E-state index in [1.807, 2.05) is 6.20 Å². The van der Waals surface area contributed by atoms with Crippen molar-refractivity contribution in [2.75, 3.05) is 13.1 Å². The highest BCUT2D eigenvalue weighted by atomic mass is 35.5. The highest BCUT2D eigenvalue weighted by molar-refractivity contribution is 6.30. The molecule has 3 nitrogen and oxygen atoms in total. The second-order valence-electron chi connectivity index (χ2n) is 4.38. The van der Waals surface area contributed by atoms with Crippen LogP contribution in [0.15, 0.2) is 36.7 Å². The monoisotopic (exact) mass is 247 g/mol. The fraction of sp³-hybridized carbons (Fsp3) is 0.308. The van der Waals surface area contributed by atoms with Crippen molar-refractivity contribution in [3.05, 3.63) is 47.2 Å². The van der Waals surface area contributed by atoms with E-state index in [9.17, 15) is 0 Å². The molecule has 1 saturated heterocycles. The molecule has 17 heavy (non-hydrogen) atoms. The van der Waals surface area contributed by atoms with Crippen LogP contribution in [-0.4, -0.2) is 22.9 Å². The first kappa shape index (κ1) is 10.8. The lowest BCUT2D eigenvalue weighted by Crippen LogP contribution is -2.08. The average Bonchev–Trinajstić information content (AvgIpc) is 3.00. The summed E-state index contributed by atoms with van der Waals surface area (Å²) in [4.78, 5) is 0. The first-order valence-corrected chi connectivity index (χ1v) is 6.22. The zero-order valence-corrected chi connectivity index (χ0v) is 10.2. The van der Waals surface area contributed by atoms with Crippen LogP contribution in [0.4, 0.5) is 0 Å². The summed E-state index contributed by atoms with van der Waals surface area (Å²) in [5.74, 6) is 0.658. The summed E-state index contributed by atoms with van der Waals surface area (Å²) in [6.07, 6.45) is 4.69. The van der Waals surface area contributed by atoms with Gasteiger partial charge >= 0.3 is 0 Å². The highest BCUT2D eigenvalue weighted by Gasteiger charge is 2.16. The smallest absolute Gasteiger partial charge is 0.0790 e. The molecule has 1 aromatic carbocycles. The van der Waals surface area contributed by atoms with E-state index in [0.717, 1.165) is 18.8 Å². The lowest BCUT2D eigenvalue weighted by atomic mass is 9.98. The van der Waals surface area contributed by atoms with E-state index < -0.39 is 0 Å². The van der Waals surface area contributed by atoms with Gasteiger partial charge in [-0.05, 0) is 36.6 Å². The minimum absolute atomic E-state index is 0.658. The van der Waals surface area contributed by atoms with Crippen molar-refractivity contribution in [2.24, 2.45) is 0 Å². The van der Waals surface area contributed by atoms with Gasteiger partial charge in [0.25, 0.3) is 0 Å². The van der Waals surface area contributed by atoms with Crippen molar-refractivity contribution < 1.29 is 0 Å². The van der Waals surface area contributed by atoms with Crippen LogP contribution in [0, 0.1) is 0 Å². The standard InChI is InChI=1S/C13H14ClN3/c14-12-8-16-17(9-12)13-3-1-10(2-4-13)11-5-6-15-7-11/h1-4,8-9,11,15H,5-7H2. The van der Waals surface area contributed by atoms with E-state index in [0.29, 0.717) is 10.9 Å². The largest absolute Gasteiger partial charge is 0.316 e. The molecule has 0 bridgehead atoms. The molecule has 88 valence electrons. The Morgan fingerprint density at radius 1 is 1.29 bits per heavy atom. The van der Waals surface area contributed by atoms with E-state index in [1.54, 1.807) is 10.9 Å². The van der Waals surface area contributed by atoms with Crippen LogP contribution in [0.3, 0.4) is 0 Å². The summed E-state index contributed by atoms with van der Waals surface area (Å²) in [5, 5.41) is 8.23. The van der Waals surface area contributed by atoms with Crippen LogP contribution in [-0.2, 0) is 0 Å². The first-order valence-electron chi connectivity index (χ1n) is 5.84. The van der Waals surface area contributed by atoms with E-state index in [1.165, 1.54) is 12.0 Å². The van der Waals surface area contributed by atoms with Gasteiger partial charge in [0, 0.05) is 12.7 Å². The van der Waals surface area contributed by atoms with E-state index >= 15 is 0 Å². The van der Waals surface area contributed by atoms with Crippen LogP contribution in [0.2, 0.25) is 5.02 Å². The third-order valence-corrected chi connectivity index (χ3v) is 3.44. The number of rotatable bonds is 2. The van der Waals surface area contributed by atoms with Crippen LogP contribution in [0.1, 0.15) is 17.9 Å². The second-order valence-corrected chi connectivity index (χ2v) is 4.82. The van der Waals surface area contributed by atoms with Gasteiger partial charge in [-0.25, -0.2) is 4.68 Å². The molecule has 0 spiro atoms. The van der Waals surface area contributed by atoms with Gasteiger partial charge in [0.1, 0.15) is 0 Å². The third kappa shape index (κ3) is 2.21. The third-order valence-electron chi connectivity index (χ3n) is 3.24. The number of halogens is 1. The van der Waals surface area contributed by atoms with Crippen molar-refractivity contribution in [2.45, 2.75) is 12.3 Å². The number of benzene rings is 1. The Balaban J connectivity index is 1.84. The zero-order valence-electron chi connectivity index (χ0n) is 9.44. The van der Waals surface area contributed by atoms with Gasteiger partial charge in [0.15, 0.2) is 0 Å². The highest BCUT2D eigenvalue weighted by Crippen LogP contribution is 2.23. The predicted molar refractivity (Wildman–Crippen MR) is 68.8 cm³/mol. The molecule has 1 fully saturated rings. The molecule has 0 radical (unpaired) electrons. The molecule has 1 aliphatic rings.